The van der Waals surface area contributed by atoms with Crippen molar-refractivity contribution in [2.45, 2.75) is 83.7 Å². The van der Waals surface area contributed by atoms with Crippen LogP contribution in [0.25, 0.3) is 0 Å². The summed E-state index contributed by atoms with van der Waals surface area (Å²) in [5, 5.41) is 3.24. The zero-order chi connectivity index (χ0) is 25.2. The number of ether oxygens (including phenoxy) is 1. The Kier molecular flexibility index (Phi) is 10.5. The average Bonchev–Trinajstić information content (AvgIpc) is 2.84. The molecule has 1 aliphatic rings. The zero-order valence-electron chi connectivity index (χ0n) is 21.6. The van der Waals surface area contributed by atoms with Gasteiger partial charge in [-0.2, -0.15) is 0 Å². The van der Waals surface area contributed by atoms with Crippen LogP contribution in [0.5, 0.6) is 5.75 Å². The zero-order valence-corrected chi connectivity index (χ0v) is 22.5. The number of hydrogen-bond acceptors (Lipinski definition) is 4. The Morgan fingerprint density at radius 2 is 1.77 bits per heavy atom. The van der Waals surface area contributed by atoms with E-state index in [1.807, 2.05) is 31.2 Å². The molecule has 3 rings (SSSR count). The van der Waals surface area contributed by atoms with E-state index in [0.29, 0.717) is 18.7 Å². The number of rotatable bonds is 11. The third-order valence-corrected chi connectivity index (χ3v) is 7.59. The second kappa shape index (κ2) is 13.6. The van der Waals surface area contributed by atoms with Gasteiger partial charge in [0.15, 0.2) is 0 Å². The van der Waals surface area contributed by atoms with Crippen LogP contribution in [0.15, 0.2) is 42.5 Å². The van der Waals surface area contributed by atoms with Crippen molar-refractivity contribution in [3.05, 3.63) is 64.7 Å². The van der Waals surface area contributed by atoms with Crippen molar-refractivity contribution in [3.8, 4) is 5.75 Å². The summed E-state index contributed by atoms with van der Waals surface area (Å²) in [5.74, 6) is 1.82. The van der Waals surface area contributed by atoms with Gasteiger partial charge in [0.1, 0.15) is 11.8 Å². The standard InChI is InChI=1S/C29H40N2O3S/c1-5-27(29(33)30-25-11-7-6-8-12-25)31(18-23-10-9-13-26(17-23)34-4)28(32)20-35-19-24-15-21(2)14-22(3)16-24/h9-10,13-17,25,27H,5-8,11-12,18-20H2,1-4H3,(H,30,33). The molecule has 2 aromatic carbocycles. The van der Waals surface area contributed by atoms with Gasteiger partial charge >= 0.3 is 0 Å². The molecule has 0 heterocycles. The number of methoxy groups -OCH3 is 1. The highest BCUT2D eigenvalue weighted by Gasteiger charge is 2.30. The van der Waals surface area contributed by atoms with E-state index >= 15 is 0 Å². The SMILES string of the molecule is CCC(C(=O)NC1CCCCC1)N(Cc1cccc(OC)c1)C(=O)CSCc1cc(C)cc(C)c1. The van der Waals surface area contributed by atoms with E-state index in [1.54, 1.807) is 23.8 Å². The molecule has 1 unspecified atom stereocenters. The monoisotopic (exact) mass is 496 g/mol. The van der Waals surface area contributed by atoms with E-state index in [1.165, 1.54) is 23.1 Å². The smallest absolute Gasteiger partial charge is 0.243 e. The molecule has 0 spiro atoms. The Balaban J connectivity index is 1.73. The van der Waals surface area contributed by atoms with E-state index in [0.717, 1.165) is 42.7 Å². The minimum absolute atomic E-state index is 0.00663. The van der Waals surface area contributed by atoms with Gasteiger partial charge in [-0.25, -0.2) is 0 Å². The summed E-state index contributed by atoms with van der Waals surface area (Å²) in [6.45, 7) is 6.56. The Bertz CT molecular complexity index is 967. The van der Waals surface area contributed by atoms with Crippen molar-refractivity contribution in [2.75, 3.05) is 12.9 Å². The maximum atomic E-state index is 13.5. The fourth-order valence-corrected chi connectivity index (χ4v) is 5.77. The molecule has 0 bridgehead atoms. The van der Waals surface area contributed by atoms with Crippen LogP contribution in [0.4, 0.5) is 0 Å². The number of benzene rings is 2. The first-order valence-electron chi connectivity index (χ1n) is 12.8. The van der Waals surface area contributed by atoms with E-state index in [-0.39, 0.29) is 17.9 Å². The number of carbonyl (C=O) groups excluding carboxylic acids is 2. The molecule has 190 valence electrons. The molecule has 1 N–H and O–H groups in total. The molecule has 35 heavy (non-hydrogen) atoms. The van der Waals surface area contributed by atoms with Crippen molar-refractivity contribution >= 4 is 23.6 Å². The maximum Gasteiger partial charge on any atom is 0.243 e. The van der Waals surface area contributed by atoms with Gasteiger partial charge in [0.05, 0.1) is 12.9 Å². The van der Waals surface area contributed by atoms with Crippen LogP contribution in [0.3, 0.4) is 0 Å². The minimum Gasteiger partial charge on any atom is -0.497 e. The van der Waals surface area contributed by atoms with Crippen molar-refractivity contribution in [1.29, 1.82) is 0 Å². The molecule has 1 fully saturated rings. The van der Waals surface area contributed by atoms with Gasteiger partial charge < -0.3 is 15.0 Å². The van der Waals surface area contributed by atoms with Crippen LogP contribution in [0, 0.1) is 13.8 Å². The summed E-state index contributed by atoms with van der Waals surface area (Å²) in [4.78, 5) is 28.6. The Hall–Kier alpha value is -2.47. The number of amides is 2. The third-order valence-electron chi connectivity index (χ3n) is 6.60. The number of aryl methyl sites for hydroxylation is 2. The lowest BCUT2D eigenvalue weighted by molar-refractivity contribution is -0.139. The fourth-order valence-electron chi connectivity index (χ4n) is 4.92. The minimum atomic E-state index is -0.488. The molecule has 0 aliphatic heterocycles. The van der Waals surface area contributed by atoms with Gasteiger partial charge in [0.2, 0.25) is 11.8 Å². The van der Waals surface area contributed by atoms with E-state index in [9.17, 15) is 9.59 Å². The summed E-state index contributed by atoms with van der Waals surface area (Å²) in [5.41, 5.74) is 4.65. The Morgan fingerprint density at radius 1 is 1.06 bits per heavy atom. The molecule has 0 radical (unpaired) electrons. The number of thioether (sulfide) groups is 1. The molecule has 1 saturated carbocycles. The maximum absolute atomic E-state index is 13.5. The molecular formula is C29H40N2O3S. The van der Waals surface area contributed by atoms with Gasteiger partial charge in [-0.15, -0.1) is 11.8 Å². The normalized spacial score (nSPS) is 14.9. The number of carbonyl (C=O) groups is 2. The van der Waals surface area contributed by atoms with E-state index in [2.05, 4.69) is 37.4 Å². The lowest BCUT2D eigenvalue weighted by Gasteiger charge is -2.33. The number of nitrogens with one attached hydrogen (secondary N) is 1. The van der Waals surface area contributed by atoms with Crippen molar-refractivity contribution in [2.24, 2.45) is 0 Å². The van der Waals surface area contributed by atoms with Crippen LogP contribution in [0.1, 0.15) is 67.7 Å². The lowest BCUT2D eigenvalue weighted by atomic mass is 9.95. The Labute approximate surface area is 215 Å². The summed E-state index contributed by atoms with van der Waals surface area (Å²) < 4.78 is 5.38. The molecule has 1 aliphatic carbocycles. The van der Waals surface area contributed by atoms with Gasteiger partial charge in [-0.3, -0.25) is 9.59 Å². The molecule has 2 aromatic rings. The lowest BCUT2D eigenvalue weighted by Crippen LogP contribution is -2.52. The van der Waals surface area contributed by atoms with Crippen LogP contribution >= 0.6 is 11.8 Å². The quantitative estimate of drug-likeness (QED) is 0.427. The first kappa shape index (κ1) is 27.1. The second-order valence-electron chi connectivity index (χ2n) is 9.63. The van der Waals surface area contributed by atoms with E-state index < -0.39 is 6.04 Å². The van der Waals surface area contributed by atoms with Gasteiger partial charge in [0, 0.05) is 18.3 Å². The molecular weight excluding hydrogens is 456 g/mol. The molecule has 6 heteroatoms. The van der Waals surface area contributed by atoms with Crippen LogP contribution in [-0.4, -0.2) is 41.7 Å². The molecule has 0 saturated heterocycles. The molecule has 0 aromatic heterocycles. The van der Waals surface area contributed by atoms with Crippen molar-refractivity contribution in [1.82, 2.24) is 10.2 Å². The second-order valence-corrected chi connectivity index (χ2v) is 10.6. The molecule has 5 nitrogen and oxygen atoms in total. The number of nitrogens with zero attached hydrogens (tertiary/aromatic N) is 1. The van der Waals surface area contributed by atoms with Crippen LogP contribution < -0.4 is 10.1 Å². The van der Waals surface area contributed by atoms with Crippen molar-refractivity contribution < 1.29 is 14.3 Å². The predicted molar refractivity (Wildman–Crippen MR) is 145 cm³/mol. The highest BCUT2D eigenvalue weighted by Crippen LogP contribution is 2.22. The summed E-state index contributed by atoms with van der Waals surface area (Å²) >= 11 is 1.61. The summed E-state index contributed by atoms with van der Waals surface area (Å²) in [6, 6.07) is 14.0. The highest BCUT2D eigenvalue weighted by atomic mass is 32.2. The predicted octanol–water partition coefficient (Wildman–Crippen LogP) is 5.80. The first-order chi connectivity index (χ1) is 16.9. The van der Waals surface area contributed by atoms with Gasteiger partial charge in [-0.1, -0.05) is 67.6 Å². The van der Waals surface area contributed by atoms with Crippen LogP contribution in [0.2, 0.25) is 0 Å². The largest absolute Gasteiger partial charge is 0.497 e. The average molecular weight is 497 g/mol. The fraction of sp³-hybridized carbons (Fsp3) is 0.517. The van der Waals surface area contributed by atoms with Gasteiger partial charge in [0.25, 0.3) is 0 Å². The number of hydrogen-bond donors (Lipinski definition) is 1. The molecule has 1 atom stereocenters. The third kappa shape index (κ3) is 8.31. The summed E-state index contributed by atoms with van der Waals surface area (Å²) in [6.07, 6.45) is 6.18. The molecule has 2 amide bonds. The Morgan fingerprint density at radius 3 is 2.43 bits per heavy atom. The summed E-state index contributed by atoms with van der Waals surface area (Å²) in [7, 11) is 1.64. The highest BCUT2D eigenvalue weighted by molar-refractivity contribution is 7.99. The van der Waals surface area contributed by atoms with E-state index in [4.69, 9.17) is 4.74 Å². The first-order valence-corrected chi connectivity index (χ1v) is 13.9. The topological polar surface area (TPSA) is 58.6 Å². The van der Waals surface area contributed by atoms with Gasteiger partial charge in [-0.05, 0) is 56.4 Å². The van der Waals surface area contributed by atoms with Crippen molar-refractivity contribution in [3.63, 3.8) is 0 Å². The van der Waals surface area contributed by atoms with Crippen LogP contribution in [-0.2, 0) is 21.9 Å².